The second-order valence-electron chi connectivity index (χ2n) is 3.74. The van der Waals surface area contributed by atoms with Crippen molar-refractivity contribution in [3.63, 3.8) is 0 Å². The summed E-state index contributed by atoms with van der Waals surface area (Å²) in [6.07, 6.45) is 0.394. The molecule has 0 saturated carbocycles. The summed E-state index contributed by atoms with van der Waals surface area (Å²) in [6, 6.07) is 7.00. The van der Waals surface area contributed by atoms with Crippen LogP contribution in [0.2, 0.25) is 5.02 Å². The van der Waals surface area contributed by atoms with Crippen molar-refractivity contribution in [1.29, 1.82) is 0 Å². The van der Waals surface area contributed by atoms with Crippen LogP contribution in [-0.4, -0.2) is 17.4 Å². The van der Waals surface area contributed by atoms with Crippen molar-refractivity contribution in [2.24, 2.45) is 0 Å². The molecule has 1 aliphatic heterocycles. The summed E-state index contributed by atoms with van der Waals surface area (Å²) in [5.41, 5.74) is 0. The zero-order valence-electron chi connectivity index (χ0n) is 8.19. The molecule has 1 saturated heterocycles. The molecule has 1 unspecified atom stereocenters. The summed E-state index contributed by atoms with van der Waals surface area (Å²) >= 11 is 5.86. The lowest BCUT2D eigenvalue weighted by atomic mass is 10.3. The minimum Gasteiger partial charge on any atom is -0.388 e. The Labute approximate surface area is 93.9 Å². The molecular formula is C11H12ClO2P. The van der Waals surface area contributed by atoms with E-state index in [0.717, 1.165) is 0 Å². The Morgan fingerprint density at radius 2 is 2.27 bits per heavy atom. The molecule has 1 fully saturated rings. The van der Waals surface area contributed by atoms with Crippen molar-refractivity contribution < 1.29 is 9.67 Å². The minimum absolute atomic E-state index is 0.463. The first-order valence-corrected chi connectivity index (χ1v) is 7.04. The van der Waals surface area contributed by atoms with Gasteiger partial charge in [-0.1, -0.05) is 30.3 Å². The van der Waals surface area contributed by atoms with Gasteiger partial charge in [-0.3, -0.25) is 0 Å². The second-order valence-corrected chi connectivity index (χ2v) is 7.19. The van der Waals surface area contributed by atoms with Gasteiger partial charge in [0.2, 0.25) is 0 Å². The van der Waals surface area contributed by atoms with E-state index in [-0.39, 0.29) is 0 Å². The van der Waals surface area contributed by atoms with Gasteiger partial charge in [0.05, 0.1) is 6.10 Å². The van der Waals surface area contributed by atoms with E-state index in [1.165, 1.54) is 0 Å². The molecule has 80 valence electrons. The van der Waals surface area contributed by atoms with Crippen LogP contribution in [0.15, 0.2) is 36.2 Å². The van der Waals surface area contributed by atoms with E-state index in [4.69, 9.17) is 11.6 Å². The van der Waals surface area contributed by atoms with E-state index in [1.807, 2.05) is 0 Å². The molecule has 0 aromatic heterocycles. The molecule has 0 radical (unpaired) electrons. The Hall–Kier alpha value is -0.560. The van der Waals surface area contributed by atoms with E-state index < -0.39 is 13.2 Å². The Morgan fingerprint density at radius 1 is 1.53 bits per heavy atom. The number of rotatable bonds is 1. The third kappa shape index (κ3) is 1.78. The molecule has 1 N–H and O–H groups in total. The molecule has 0 spiro atoms. The van der Waals surface area contributed by atoms with Gasteiger partial charge in [-0.05, 0) is 18.6 Å². The highest BCUT2D eigenvalue weighted by Gasteiger charge is 2.38. The Bertz CT molecular complexity index is 456. The standard InChI is InChI=1S/C11H12ClO2P/c1-8-11(13)5-6-15(8,14)10-4-2-3-9(12)7-10/h2-4,7,11,13H,1,5-6H2/t11?,15-/m0/s1. The second kappa shape index (κ2) is 3.79. The molecule has 0 amide bonds. The van der Waals surface area contributed by atoms with Crippen LogP contribution < -0.4 is 5.30 Å². The first kappa shape index (κ1) is 10.9. The van der Waals surface area contributed by atoms with E-state index in [0.29, 0.717) is 28.2 Å². The summed E-state index contributed by atoms with van der Waals surface area (Å²) in [6.45, 7) is 3.74. The predicted molar refractivity (Wildman–Crippen MR) is 63.3 cm³/mol. The van der Waals surface area contributed by atoms with Crippen LogP contribution in [0, 0.1) is 0 Å². The predicted octanol–water partition coefficient (Wildman–Crippen LogP) is 2.61. The molecular weight excluding hydrogens is 231 g/mol. The lowest BCUT2D eigenvalue weighted by Crippen LogP contribution is -2.07. The molecule has 1 aliphatic rings. The molecule has 1 aromatic carbocycles. The smallest absolute Gasteiger partial charge is 0.141 e. The summed E-state index contributed by atoms with van der Waals surface area (Å²) in [5, 5.41) is 11.3. The summed E-state index contributed by atoms with van der Waals surface area (Å²) in [4.78, 5) is 0. The van der Waals surface area contributed by atoms with Crippen LogP contribution in [0.1, 0.15) is 6.42 Å². The van der Waals surface area contributed by atoms with Crippen molar-refractivity contribution in [2.75, 3.05) is 6.16 Å². The summed E-state index contributed by atoms with van der Waals surface area (Å²) < 4.78 is 12.6. The third-order valence-corrected chi connectivity index (χ3v) is 6.25. The van der Waals surface area contributed by atoms with Crippen LogP contribution in [0.5, 0.6) is 0 Å². The quantitative estimate of drug-likeness (QED) is 0.769. The fourth-order valence-corrected chi connectivity index (χ4v) is 4.89. The largest absolute Gasteiger partial charge is 0.388 e. The average molecular weight is 243 g/mol. The van der Waals surface area contributed by atoms with Crippen LogP contribution in [0.3, 0.4) is 0 Å². The maximum atomic E-state index is 12.6. The highest BCUT2D eigenvalue weighted by molar-refractivity contribution is 7.75. The number of aliphatic hydroxyl groups excluding tert-OH is 1. The lowest BCUT2D eigenvalue weighted by molar-refractivity contribution is 0.222. The van der Waals surface area contributed by atoms with Crippen LogP contribution in [0.4, 0.5) is 0 Å². The molecule has 1 heterocycles. The number of aliphatic hydroxyl groups is 1. The first-order valence-electron chi connectivity index (χ1n) is 4.77. The minimum atomic E-state index is -2.63. The van der Waals surface area contributed by atoms with Crippen molar-refractivity contribution in [3.05, 3.63) is 41.2 Å². The van der Waals surface area contributed by atoms with Crippen molar-refractivity contribution in [1.82, 2.24) is 0 Å². The van der Waals surface area contributed by atoms with E-state index >= 15 is 0 Å². The molecule has 0 bridgehead atoms. The van der Waals surface area contributed by atoms with Gasteiger partial charge in [-0.2, -0.15) is 0 Å². The van der Waals surface area contributed by atoms with E-state index in [1.54, 1.807) is 24.3 Å². The molecule has 1 aromatic rings. The molecule has 2 rings (SSSR count). The van der Waals surface area contributed by atoms with E-state index in [9.17, 15) is 9.67 Å². The van der Waals surface area contributed by atoms with Gasteiger partial charge >= 0.3 is 0 Å². The summed E-state index contributed by atoms with van der Waals surface area (Å²) in [7, 11) is -2.63. The van der Waals surface area contributed by atoms with Crippen LogP contribution >= 0.6 is 18.7 Å². The normalized spacial score (nSPS) is 30.8. The maximum Gasteiger partial charge on any atom is 0.141 e. The van der Waals surface area contributed by atoms with Crippen molar-refractivity contribution >= 4 is 24.0 Å². The van der Waals surface area contributed by atoms with Gasteiger partial charge in [0.1, 0.15) is 7.14 Å². The van der Waals surface area contributed by atoms with Gasteiger partial charge in [0.25, 0.3) is 0 Å². The Kier molecular flexibility index (Phi) is 2.76. The number of hydrogen-bond donors (Lipinski definition) is 1. The monoisotopic (exact) mass is 242 g/mol. The van der Waals surface area contributed by atoms with Crippen LogP contribution in [0.25, 0.3) is 0 Å². The Balaban J connectivity index is 2.47. The SMILES string of the molecule is C=C1C(O)CC[P@@]1(=O)c1cccc(Cl)c1. The summed E-state index contributed by atoms with van der Waals surface area (Å²) in [5.74, 6) is 0. The number of hydrogen-bond acceptors (Lipinski definition) is 2. The fraction of sp³-hybridized carbons (Fsp3) is 0.273. The molecule has 4 heteroatoms. The average Bonchev–Trinajstić information content (AvgIpc) is 2.48. The zero-order valence-corrected chi connectivity index (χ0v) is 9.84. The number of benzene rings is 1. The lowest BCUT2D eigenvalue weighted by Gasteiger charge is -2.14. The first-order chi connectivity index (χ1) is 7.04. The van der Waals surface area contributed by atoms with Gasteiger partial charge in [-0.15, -0.1) is 0 Å². The van der Waals surface area contributed by atoms with Gasteiger partial charge in [-0.25, -0.2) is 0 Å². The molecule has 0 aliphatic carbocycles. The van der Waals surface area contributed by atoms with Gasteiger partial charge in [0, 0.05) is 21.8 Å². The molecule has 15 heavy (non-hydrogen) atoms. The van der Waals surface area contributed by atoms with Crippen molar-refractivity contribution in [2.45, 2.75) is 12.5 Å². The highest BCUT2D eigenvalue weighted by atomic mass is 35.5. The third-order valence-electron chi connectivity index (χ3n) is 2.79. The Morgan fingerprint density at radius 3 is 2.80 bits per heavy atom. The van der Waals surface area contributed by atoms with Crippen LogP contribution in [-0.2, 0) is 4.57 Å². The van der Waals surface area contributed by atoms with Gasteiger partial charge < -0.3 is 9.67 Å². The molecule has 2 nitrogen and oxygen atoms in total. The fourth-order valence-electron chi connectivity index (χ4n) is 1.85. The highest BCUT2D eigenvalue weighted by Crippen LogP contribution is 2.59. The maximum absolute atomic E-state index is 12.6. The molecule has 2 atom stereocenters. The van der Waals surface area contributed by atoms with Gasteiger partial charge in [0.15, 0.2) is 0 Å². The van der Waals surface area contributed by atoms with Crippen molar-refractivity contribution in [3.8, 4) is 0 Å². The topological polar surface area (TPSA) is 37.3 Å². The zero-order chi connectivity index (χ0) is 11.1. The number of halogens is 1. The van der Waals surface area contributed by atoms with E-state index in [2.05, 4.69) is 6.58 Å².